The standard InChI is InChI=1S/C19H19N3O3S2/c1-22(2)10-16(23)20-13-7-8-14-15(9-13)27-18(21-14)17(26)11-3-5-12(6-4-11)19(24)25/h3-9,17,26H,10H2,1-2H3,(H,20,23)(H,24,25). The lowest BCUT2D eigenvalue weighted by atomic mass is 10.1. The molecular formula is C19H19N3O3S2. The van der Waals surface area contributed by atoms with Crippen LogP contribution in [-0.4, -0.2) is 47.5 Å². The van der Waals surface area contributed by atoms with Crippen molar-refractivity contribution in [1.82, 2.24) is 9.88 Å². The predicted molar refractivity (Wildman–Crippen MR) is 111 cm³/mol. The van der Waals surface area contributed by atoms with E-state index in [4.69, 9.17) is 5.11 Å². The Hall–Kier alpha value is -2.42. The first-order chi connectivity index (χ1) is 12.8. The first-order valence-electron chi connectivity index (χ1n) is 8.20. The number of carbonyl (C=O) groups excluding carboxylic acids is 1. The molecule has 8 heteroatoms. The molecule has 0 saturated heterocycles. The lowest BCUT2D eigenvalue weighted by molar-refractivity contribution is -0.116. The second-order valence-corrected chi connectivity index (χ2v) is 7.93. The van der Waals surface area contributed by atoms with Crippen LogP contribution in [0.5, 0.6) is 0 Å². The molecule has 27 heavy (non-hydrogen) atoms. The Bertz CT molecular complexity index is 984. The first-order valence-corrected chi connectivity index (χ1v) is 9.53. The molecule has 1 unspecified atom stereocenters. The topological polar surface area (TPSA) is 82.5 Å². The fourth-order valence-electron chi connectivity index (χ4n) is 2.58. The van der Waals surface area contributed by atoms with Crippen molar-refractivity contribution in [2.24, 2.45) is 0 Å². The Morgan fingerprint density at radius 2 is 1.93 bits per heavy atom. The molecule has 6 nitrogen and oxygen atoms in total. The minimum absolute atomic E-state index is 0.0744. The van der Waals surface area contributed by atoms with Crippen LogP contribution in [0.15, 0.2) is 42.5 Å². The first kappa shape index (κ1) is 19.3. The third-order valence-corrected chi connectivity index (χ3v) is 5.66. The van der Waals surface area contributed by atoms with Gasteiger partial charge in [0.1, 0.15) is 5.01 Å². The number of carboxylic acids is 1. The van der Waals surface area contributed by atoms with Gasteiger partial charge in [-0.25, -0.2) is 9.78 Å². The molecule has 0 bridgehead atoms. The number of nitrogens with zero attached hydrogens (tertiary/aromatic N) is 2. The average molecular weight is 402 g/mol. The molecule has 1 atom stereocenters. The van der Waals surface area contributed by atoms with Gasteiger partial charge in [0.15, 0.2) is 0 Å². The summed E-state index contributed by atoms with van der Waals surface area (Å²) < 4.78 is 0.953. The van der Waals surface area contributed by atoms with Crippen molar-refractivity contribution < 1.29 is 14.7 Å². The van der Waals surface area contributed by atoms with Gasteiger partial charge in [-0.2, -0.15) is 12.6 Å². The van der Waals surface area contributed by atoms with Crippen LogP contribution in [0.4, 0.5) is 5.69 Å². The summed E-state index contributed by atoms with van der Waals surface area (Å²) in [6, 6.07) is 12.2. The molecule has 0 saturated carbocycles. The minimum atomic E-state index is -0.957. The second-order valence-electron chi connectivity index (χ2n) is 6.35. The third kappa shape index (κ3) is 4.65. The van der Waals surface area contributed by atoms with Gasteiger partial charge in [-0.1, -0.05) is 12.1 Å². The number of hydrogen-bond acceptors (Lipinski definition) is 6. The maximum Gasteiger partial charge on any atom is 0.335 e. The number of hydrogen-bond donors (Lipinski definition) is 3. The number of thiol groups is 1. The lowest BCUT2D eigenvalue weighted by Crippen LogP contribution is -2.26. The summed E-state index contributed by atoms with van der Waals surface area (Å²) in [7, 11) is 3.68. The summed E-state index contributed by atoms with van der Waals surface area (Å²) in [6.45, 7) is 0.316. The number of thiazole rings is 1. The molecule has 1 heterocycles. The molecule has 2 aromatic carbocycles. The zero-order chi connectivity index (χ0) is 19.6. The van der Waals surface area contributed by atoms with Crippen molar-refractivity contribution in [3.05, 3.63) is 58.6 Å². The highest BCUT2D eigenvalue weighted by Gasteiger charge is 2.16. The number of carboxylic acid groups (broad SMARTS) is 1. The largest absolute Gasteiger partial charge is 0.478 e. The number of anilines is 1. The SMILES string of the molecule is CN(C)CC(=O)Nc1ccc2nc(C(S)c3ccc(C(=O)O)cc3)sc2c1. The van der Waals surface area contributed by atoms with Crippen LogP contribution in [0.3, 0.4) is 0 Å². The highest BCUT2D eigenvalue weighted by atomic mass is 32.1. The van der Waals surface area contributed by atoms with Gasteiger partial charge in [-0.05, 0) is 50.0 Å². The maximum absolute atomic E-state index is 11.9. The highest BCUT2D eigenvalue weighted by Crippen LogP contribution is 2.35. The molecule has 140 valence electrons. The summed E-state index contributed by atoms with van der Waals surface area (Å²) in [6.07, 6.45) is 0. The van der Waals surface area contributed by atoms with Crippen LogP contribution < -0.4 is 5.32 Å². The molecule has 0 aliphatic rings. The number of carbonyl (C=O) groups is 2. The van der Waals surface area contributed by atoms with E-state index in [1.54, 1.807) is 29.2 Å². The highest BCUT2D eigenvalue weighted by molar-refractivity contribution is 7.81. The van der Waals surface area contributed by atoms with E-state index < -0.39 is 5.97 Å². The van der Waals surface area contributed by atoms with E-state index in [2.05, 4.69) is 22.9 Å². The zero-order valence-electron chi connectivity index (χ0n) is 14.8. The molecule has 3 rings (SSSR count). The lowest BCUT2D eigenvalue weighted by Gasteiger charge is -2.09. The second kappa shape index (κ2) is 8.08. The number of aromatic carboxylic acids is 1. The Morgan fingerprint density at radius 3 is 2.56 bits per heavy atom. The van der Waals surface area contributed by atoms with Crippen LogP contribution in [0, 0.1) is 0 Å². The van der Waals surface area contributed by atoms with Gasteiger partial charge in [0.05, 0.1) is 27.6 Å². The van der Waals surface area contributed by atoms with E-state index >= 15 is 0 Å². The minimum Gasteiger partial charge on any atom is -0.478 e. The molecular weight excluding hydrogens is 382 g/mol. The molecule has 0 radical (unpaired) electrons. The van der Waals surface area contributed by atoms with Gasteiger partial charge in [-0.15, -0.1) is 11.3 Å². The average Bonchev–Trinajstić information content (AvgIpc) is 3.03. The Morgan fingerprint density at radius 1 is 1.22 bits per heavy atom. The van der Waals surface area contributed by atoms with E-state index in [0.717, 1.165) is 26.5 Å². The van der Waals surface area contributed by atoms with Crippen molar-refractivity contribution in [1.29, 1.82) is 0 Å². The van der Waals surface area contributed by atoms with Gasteiger partial charge < -0.3 is 15.3 Å². The summed E-state index contributed by atoms with van der Waals surface area (Å²) in [4.78, 5) is 29.3. The van der Waals surface area contributed by atoms with Crippen molar-refractivity contribution >= 4 is 51.7 Å². The van der Waals surface area contributed by atoms with Gasteiger partial charge in [0, 0.05) is 5.69 Å². The maximum atomic E-state index is 11.9. The van der Waals surface area contributed by atoms with Crippen LogP contribution in [0.25, 0.3) is 10.2 Å². The third-order valence-electron chi connectivity index (χ3n) is 3.86. The normalized spacial score (nSPS) is 12.3. The molecule has 2 N–H and O–H groups in total. The number of benzene rings is 2. The summed E-state index contributed by atoms with van der Waals surface area (Å²) in [5.41, 5.74) is 2.68. The van der Waals surface area contributed by atoms with E-state index in [0.29, 0.717) is 6.54 Å². The Balaban J connectivity index is 1.81. The molecule has 1 aromatic heterocycles. The molecule has 0 aliphatic carbocycles. The van der Waals surface area contributed by atoms with Crippen molar-refractivity contribution in [2.75, 3.05) is 26.0 Å². The van der Waals surface area contributed by atoms with Gasteiger partial charge >= 0.3 is 5.97 Å². The number of aromatic nitrogens is 1. The smallest absolute Gasteiger partial charge is 0.335 e. The fraction of sp³-hybridized carbons (Fsp3) is 0.211. The number of rotatable bonds is 6. The number of fused-ring (bicyclic) bond motifs is 1. The van der Waals surface area contributed by atoms with Gasteiger partial charge in [-0.3, -0.25) is 4.79 Å². The number of nitrogens with one attached hydrogen (secondary N) is 1. The Labute approximate surface area is 166 Å². The number of likely N-dealkylation sites (N-methyl/N-ethyl adjacent to an activating group) is 1. The number of amides is 1. The molecule has 0 spiro atoms. The van der Waals surface area contributed by atoms with E-state index in [1.807, 2.05) is 32.3 Å². The summed E-state index contributed by atoms with van der Waals surface area (Å²) in [5, 5.41) is 12.4. The van der Waals surface area contributed by atoms with Crippen LogP contribution in [0.1, 0.15) is 26.2 Å². The van der Waals surface area contributed by atoms with E-state index in [1.165, 1.54) is 11.3 Å². The molecule has 3 aromatic rings. The molecule has 1 amide bonds. The van der Waals surface area contributed by atoms with Crippen LogP contribution in [-0.2, 0) is 4.79 Å². The van der Waals surface area contributed by atoms with E-state index in [9.17, 15) is 9.59 Å². The quantitative estimate of drug-likeness (QED) is 0.551. The Kier molecular flexibility index (Phi) is 5.79. The van der Waals surface area contributed by atoms with Crippen LogP contribution >= 0.6 is 24.0 Å². The fourth-order valence-corrected chi connectivity index (χ4v) is 3.98. The predicted octanol–water partition coefficient (Wildman–Crippen LogP) is 3.51. The summed E-state index contributed by atoms with van der Waals surface area (Å²) >= 11 is 6.15. The van der Waals surface area contributed by atoms with Crippen LogP contribution in [0.2, 0.25) is 0 Å². The van der Waals surface area contributed by atoms with Crippen molar-refractivity contribution in [3.8, 4) is 0 Å². The molecule has 0 fully saturated rings. The van der Waals surface area contributed by atoms with Gasteiger partial charge in [0.25, 0.3) is 0 Å². The van der Waals surface area contributed by atoms with Crippen molar-refractivity contribution in [2.45, 2.75) is 5.25 Å². The zero-order valence-corrected chi connectivity index (χ0v) is 16.6. The van der Waals surface area contributed by atoms with Crippen molar-refractivity contribution in [3.63, 3.8) is 0 Å². The molecule has 0 aliphatic heterocycles. The monoisotopic (exact) mass is 401 g/mol. The summed E-state index contributed by atoms with van der Waals surface area (Å²) in [5.74, 6) is -1.03. The van der Waals surface area contributed by atoms with Gasteiger partial charge in [0.2, 0.25) is 5.91 Å². The van der Waals surface area contributed by atoms with E-state index in [-0.39, 0.29) is 16.7 Å².